The first-order valence-electron chi connectivity index (χ1n) is 12.1. The molecule has 12 heteroatoms. The van der Waals surface area contributed by atoms with Gasteiger partial charge in [0.1, 0.15) is 11.5 Å². The largest absolute Gasteiger partial charge is 0.423 e. The minimum absolute atomic E-state index is 0.00249. The van der Waals surface area contributed by atoms with Gasteiger partial charge in [0.25, 0.3) is 11.8 Å². The van der Waals surface area contributed by atoms with Crippen molar-refractivity contribution in [3.05, 3.63) is 128 Å². The molecule has 9 nitrogen and oxygen atoms in total. The molecule has 0 heterocycles. The molecule has 0 fully saturated rings. The number of nitrogens with zero attached hydrogens (tertiary/aromatic N) is 1. The Kier molecular flexibility index (Phi) is 10.4. The zero-order valence-corrected chi connectivity index (χ0v) is 24.6. The van der Waals surface area contributed by atoms with Crippen molar-refractivity contribution in [2.45, 2.75) is 0 Å². The second-order valence-electron chi connectivity index (χ2n) is 8.48. The Morgan fingerprint density at radius 3 is 2.00 bits per heavy atom. The molecule has 42 heavy (non-hydrogen) atoms. The standard InChI is InChI=1S/C30H20BrCl2N3O6/c31-22-3-1-2-20(14-22)28(38)34-17-27(37)36-35-16-21-8-13-25(41-29(39)18-4-9-23(32)10-5-18)15-26(21)42-30(40)19-6-11-24(33)12-7-19/h1-16H,17H2,(H,34,38)(H,36,37)/b35-16+. The summed E-state index contributed by atoms with van der Waals surface area (Å²) in [7, 11) is 0. The Labute approximate surface area is 258 Å². The summed E-state index contributed by atoms with van der Waals surface area (Å²) < 4.78 is 11.7. The van der Waals surface area contributed by atoms with Crippen LogP contribution in [0.1, 0.15) is 36.6 Å². The van der Waals surface area contributed by atoms with Crippen molar-refractivity contribution in [3.8, 4) is 11.5 Å². The van der Waals surface area contributed by atoms with Gasteiger partial charge in [-0.1, -0.05) is 45.2 Å². The van der Waals surface area contributed by atoms with Crippen molar-refractivity contribution in [3.63, 3.8) is 0 Å². The Hall–Kier alpha value is -4.51. The van der Waals surface area contributed by atoms with Crippen LogP contribution in [0.25, 0.3) is 0 Å². The number of halogens is 3. The van der Waals surface area contributed by atoms with E-state index in [2.05, 4.69) is 31.8 Å². The highest BCUT2D eigenvalue weighted by Crippen LogP contribution is 2.26. The van der Waals surface area contributed by atoms with Gasteiger partial charge in [-0.25, -0.2) is 15.0 Å². The monoisotopic (exact) mass is 667 g/mol. The molecule has 0 aliphatic rings. The van der Waals surface area contributed by atoms with Crippen molar-refractivity contribution >= 4 is 69.1 Å². The molecule has 4 aromatic rings. The molecule has 0 atom stereocenters. The van der Waals surface area contributed by atoms with Crippen LogP contribution >= 0.6 is 39.1 Å². The van der Waals surface area contributed by atoms with E-state index in [1.54, 1.807) is 36.4 Å². The summed E-state index contributed by atoms with van der Waals surface area (Å²) in [6, 6.07) is 23.2. The van der Waals surface area contributed by atoms with E-state index >= 15 is 0 Å². The number of rotatable bonds is 9. The maximum Gasteiger partial charge on any atom is 0.343 e. The van der Waals surface area contributed by atoms with Crippen LogP contribution in [-0.4, -0.2) is 36.5 Å². The fourth-order valence-electron chi connectivity index (χ4n) is 3.38. The molecule has 0 aromatic heterocycles. The highest BCUT2D eigenvalue weighted by molar-refractivity contribution is 9.10. The third kappa shape index (κ3) is 8.74. The molecule has 0 aliphatic carbocycles. The fourth-order valence-corrected chi connectivity index (χ4v) is 4.03. The van der Waals surface area contributed by atoms with E-state index in [1.807, 2.05) is 0 Å². The summed E-state index contributed by atoms with van der Waals surface area (Å²) in [5.74, 6) is -2.30. The summed E-state index contributed by atoms with van der Waals surface area (Å²) in [6.07, 6.45) is 1.24. The molecule has 0 saturated carbocycles. The van der Waals surface area contributed by atoms with Crippen LogP contribution in [0.2, 0.25) is 10.0 Å². The average molecular weight is 669 g/mol. The predicted molar refractivity (Wildman–Crippen MR) is 161 cm³/mol. The summed E-state index contributed by atoms with van der Waals surface area (Å²) >= 11 is 15.1. The fraction of sp³-hybridized carbons (Fsp3) is 0.0333. The number of esters is 2. The van der Waals surface area contributed by atoms with Gasteiger partial charge in [-0.2, -0.15) is 5.10 Å². The maximum absolute atomic E-state index is 12.8. The normalized spacial score (nSPS) is 10.6. The number of hydrazone groups is 1. The number of ether oxygens (including phenoxy) is 2. The van der Waals surface area contributed by atoms with Gasteiger partial charge in [-0.05, 0) is 78.9 Å². The average Bonchev–Trinajstić information content (AvgIpc) is 2.97. The number of nitrogens with one attached hydrogen (secondary N) is 2. The minimum Gasteiger partial charge on any atom is -0.423 e. The molecular formula is C30H20BrCl2N3O6. The molecular weight excluding hydrogens is 649 g/mol. The highest BCUT2D eigenvalue weighted by atomic mass is 79.9. The molecule has 0 saturated heterocycles. The van der Waals surface area contributed by atoms with Crippen LogP contribution in [0.3, 0.4) is 0 Å². The van der Waals surface area contributed by atoms with E-state index in [9.17, 15) is 19.2 Å². The Bertz CT molecular complexity index is 1660. The summed E-state index contributed by atoms with van der Waals surface area (Å²) in [6.45, 7) is -0.333. The Balaban J connectivity index is 1.46. The second-order valence-corrected chi connectivity index (χ2v) is 10.3. The van der Waals surface area contributed by atoms with Crippen LogP contribution in [0.15, 0.2) is 101 Å². The van der Waals surface area contributed by atoms with Gasteiger partial charge in [0, 0.05) is 31.7 Å². The third-order valence-electron chi connectivity index (χ3n) is 5.45. The van der Waals surface area contributed by atoms with Crippen LogP contribution in [-0.2, 0) is 4.79 Å². The van der Waals surface area contributed by atoms with Gasteiger partial charge in [-0.3, -0.25) is 9.59 Å². The smallest absolute Gasteiger partial charge is 0.343 e. The van der Waals surface area contributed by atoms with Gasteiger partial charge < -0.3 is 14.8 Å². The molecule has 4 rings (SSSR count). The van der Waals surface area contributed by atoms with E-state index in [4.69, 9.17) is 32.7 Å². The topological polar surface area (TPSA) is 123 Å². The maximum atomic E-state index is 12.8. The van der Waals surface area contributed by atoms with E-state index in [0.717, 1.165) is 4.47 Å². The van der Waals surface area contributed by atoms with E-state index < -0.39 is 23.8 Å². The van der Waals surface area contributed by atoms with Crippen molar-refractivity contribution in [1.29, 1.82) is 0 Å². The molecule has 2 N–H and O–H groups in total. The zero-order valence-electron chi connectivity index (χ0n) is 21.5. The number of amides is 2. The zero-order chi connectivity index (χ0) is 30.1. The molecule has 0 spiro atoms. The van der Waals surface area contributed by atoms with Crippen molar-refractivity contribution in [2.24, 2.45) is 5.10 Å². The molecule has 0 aliphatic heterocycles. The van der Waals surface area contributed by atoms with Crippen LogP contribution in [0.5, 0.6) is 11.5 Å². The van der Waals surface area contributed by atoms with Gasteiger partial charge in [-0.15, -0.1) is 0 Å². The molecule has 0 unspecified atom stereocenters. The van der Waals surface area contributed by atoms with Crippen molar-refractivity contribution in [2.75, 3.05) is 6.54 Å². The van der Waals surface area contributed by atoms with E-state index in [0.29, 0.717) is 15.6 Å². The lowest BCUT2D eigenvalue weighted by Crippen LogP contribution is -2.34. The lowest BCUT2D eigenvalue weighted by molar-refractivity contribution is -0.120. The highest BCUT2D eigenvalue weighted by Gasteiger charge is 2.15. The summed E-state index contributed by atoms with van der Waals surface area (Å²) in [5, 5.41) is 7.30. The number of hydrogen-bond donors (Lipinski definition) is 2. The summed E-state index contributed by atoms with van der Waals surface area (Å²) in [5.41, 5.74) is 3.44. The lowest BCUT2D eigenvalue weighted by Gasteiger charge is -2.11. The van der Waals surface area contributed by atoms with Crippen molar-refractivity contribution in [1.82, 2.24) is 10.7 Å². The van der Waals surface area contributed by atoms with Crippen LogP contribution in [0, 0.1) is 0 Å². The molecule has 212 valence electrons. The number of carbonyl (C=O) groups is 4. The van der Waals surface area contributed by atoms with Gasteiger partial charge in [0.05, 0.1) is 23.9 Å². The first-order chi connectivity index (χ1) is 20.2. The first kappa shape index (κ1) is 30.4. The van der Waals surface area contributed by atoms with Crippen LogP contribution < -0.4 is 20.2 Å². The second kappa shape index (κ2) is 14.4. The van der Waals surface area contributed by atoms with E-state index in [1.165, 1.54) is 60.8 Å². The predicted octanol–water partition coefficient (Wildman–Crippen LogP) is 6.07. The SMILES string of the molecule is O=C(CNC(=O)c1cccc(Br)c1)N/N=C/c1ccc(OC(=O)c2ccc(Cl)cc2)cc1OC(=O)c1ccc(Cl)cc1. The lowest BCUT2D eigenvalue weighted by atomic mass is 10.2. The minimum atomic E-state index is -0.707. The van der Waals surface area contributed by atoms with Gasteiger partial charge in [0.15, 0.2) is 0 Å². The number of benzene rings is 4. The quantitative estimate of drug-likeness (QED) is 0.0966. The first-order valence-corrected chi connectivity index (χ1v) is 13.7. The van der Waals surface area contributed by atoms with Gasteiger partial charge >= 0.3 is 11.9 Å². The molecule has 0 bridgehead atoms. The van der Waals surface area contributed by atoms with Crippen molar-refractivity contribution < 1.29 is 28.7 Å². The number of hydrogen-bond acceptors (Lipinski definition) is 7. The van der Waals surface area contributed by atoms with E-state index in [-0.39, 0.29) is 34.7 Å². The number of carbonyl (C=O) groups excluding carboxylic acids is 4. The van der Waals surface area contributed by atoms with Gasteiger partial charge in [0.2, 0.25) is 0 Å². The third-order valence-corrected chi connectivity index (χ3v) is 6.44. The molecule has 0 radical (unpaired) electrons. The molecule has 4 aromatic carbocycles. The Morgan fingerprint density at radius 2 is 1.38 bits per heavy atom. The summed E-state index contributed by atoms with van der Waals surface area (Å²) in [4.78, 5) is 49.8. The molecule has 2 amide bonds. The Morgan fingerprint density at radius 1 is 0.762 bits per heavy atom. The van der Waals surface area contributed by atoms with Crippen LogP contribution in [0.4, 0.5) is 0 Å².